The summed E-state index contributed by atoms with van der Waals surface area (Å²) in [5.41, 5.74) is 7.24. The Labute approximate surface area is 185 Å². The molecular weight excluding hydrogens is 403 g/mol. The third-order valence-electron chi connectivity index (χ3n) is 5.12. The molecule has 0 unspecified atom stereocenters. The van der Waals surface area contributed by atoms with Gasteiger partial charge in [0.15, 0.2) is 11.6 Å². The van der Waals surface area contributed by atoms with Gasteiger partial charge in [0.05, 0.1) is 5.52 Å². The van der Waals surface area contributed by atoms with Gasteiger partial charge in [-0.15, -0.1) is 0 Å². The first-order valence-corrected chi connectivity index (χ1v) is 10.1. The van der Waals surface area contributed by atoms with Crippen molar-refractivity contribution in [2.45, 2.75) is 13.5 Å². The molecule has 6 nitrogen and oxygen atoms in total. The number of allylic oxidation sites excluding steroid dienone is 1. The monoisotopic (exact) mass is 426 g/mol. The van der Waals surface area contributed by atoms with Crippen molar-refractivity contribution in [3.8, 4) is 11.1 Å². The second-order valence-corrected chi connectivity index (χ2v) is 7.36. The molecular formula is C25H23FN6. The van der Waals surface area contributed by atoms with E-state index in [0.29, 0.717) is 12.1 Å². The Morgan fingerprint density at radius 2 is 1.78 bits per heavy atom. The van der Waals surface area contributed by atoms with Gasteiger partial charge in [0.2, 0.25) is 0 Å². The summed E-state index contributed by atoms with van der Waals surface area (Å²) in [6.45, 7) is 2.29. The first kappa shape index (κ1) is 21.1. The van der Waals surface area contributed by atoms with Crippen LogP contribution in [0.4, 0.5) is 4.39 Å². The van der Waals surface area contributed by atoms with Crippen molar-refractivity contribution in [3.05, 3.63) is 108 Å². The second-order valence-electron chi connectivity index (χ2n) is 7.36. The number of aromatic nitrogens is 2. The van der Waals surface area contributed by atoms with Crippen molar-refractivity contribution in [2.24, 2.45) is 5.84 Å². The van der Waals surface area contributed by atoms with Crippen LogP contribution in [-0.2, 0) is 6.54 Å². The molecule has 0 aliphatic carbocycles. The van der Waals surface area contributed by atoms with E-state index in [4.69, 9.17) is 11.3 Å². The molecule has 0 amide bonds. The van der Waals surface area contributed by atoms with Crippen LogP contribution in [0.3, 0.4) is 0 Å². The number of para-hydroxylation sites is 1. The number of fused-ring (bicyclic) bond motifs is 1. The molecule has 7 heteroatoms. The lowest BCUT2D eigenvalue weighted by molar-refractivity contribution is 0.601. The highest BCUT2D eigenvalue weighted by atomic mass is 19.1. The number of nitrogens with one attached hydrogen (secondary N) is 3. The highest BCUT2D eigenvalue weighted by molar-refractivity contribution is 6.10. The molecule has 2 aromatic heterocycles. The van der Waals surface area contributed by atoms with Gasteiger partial charge in [-0.25, -0.2) is 10.2 Å². The highest BCUT2D eigenvalue weighted by Gasteiger charge is 2.15. The summed E-state index contributed by atoms with van der Waals surface area (Å²) in [7, 11) is 0. The maximum absolute atomic E-state index is 15.0. The van der Waals surface area contributed by atoms with Gasteiger partial charge in [0.1, 0.15) is 5.71 Å². The average molecular weight is 426 g/mol. The Hall–Kier alpha value is -4.10. The van der Waals surface area contributed by atoms with Crippen molar-refractivity contribution in [3.63, 3.8) is 0 Å². The molecule has 0 saturated carbocycles. The number of benzene rings is 2. The summed E-state index contributed by atoms with van der Waals surface area (Å²) < 4.78 is 15.0. The van der Waals surface area contributed by atoms with Gasteiger partial charge in [0, 0.05) is 35.6 Å². The molecule has 0 saturated heterocycles. The molecule has 32 heavy (non-hydrogen) atoms. The fraction of sp³-hybridized carbons (Fsp3) is 0.0800. The molecule has 0 fully saturated rings. The van der Waals surface area contributed by atoms with Gasteiger partial charge in [-0.3, -0.25) is 15.4 Å². The van der Waals surface area contributed by atoms with E-state index in [-0.39, 0.29) is 11.5 Å². The van der Waals surface area contributed by atoms with Crippen LogP contribution in [0.15, 0.2) is 90.8 Å². The van der Waals surface area contributed by atoms with Gasteiger partial charge < -0.3 is 10.7 Å². The van der Waals surface area contributed by atoms with Crippen LogP contribution in [0.5, 0.6) is 0 Å². The van der Waals surface area contributed by atoms with Crippen molar-refractivity contribution in [2.75, 3.05) is 0 Å². The van der Waals surface area contributed by atoms with Crippen LogP contribution in [0, 0.1) is 12.3 Å². The quantitative estimate of drug-likeness (QED) is 0.200. The lowest BCUT2D eigenvalue weighted by Gasteiger charge is -2.13. The largest absolute Gasteiger partial charge is 0.364 e. The lowest BCUT2D eigenvalue weighted by Crippen LogP contribution is -2.33. The first-order valence-electron chi connectivity index (χ1n) is 10.1. The highest BCUT2D eigenvalue weighted by Crippen LogP contribution is 2.20. The molecule has 2 heterocycles. The standard InChI is InChI=1S/C25H23FN6/c1-16-12-19(10-11-29-16)18-8-6-17(7-9-18)14-31-25(32-28)23(26)24(27)21-13-20-4-2-3-5-22(20)30-15-21/h2-13,15,27,31-32H,14,28H2,1H3/b25-23+,27-24?. The summed E-state index contributed by atoms with van der Waals surface area (Å²) in [5, 5.41) is 12.0. The van der Waals surface area contributed by atoms with Crippen LogP contribution in [0.1, 0.15) is 16.8 Å². The molecule has 2 aromatic carbocycles. The lowest BCUT2D eigenvalue weighted by atomic mass is 10.0. The molecule has 0 spiro atoms. The maximum atomic E-state index is 15.0. The molecule has 0 aliphatic heterocycles. The van der Waals surface area contributed by atoms with Crippen LogP contribution in [-0.4, -0.2) is 15.7 Å². The zero-order valence-corrected chi connectivity index (χ0v) is 17.6. The minimum absolute atomic E-state index is 0.0583. The van der Waals surface area contributed by atoms with Crippen LogP contribution in [0.2, 0.25) is 0 Å². The molecule has 0 aliphatic rings. The van der Waals surface area contributed by atoms with Crippen molar-refractivity contribution >= 4 is 16.6 Å². The summed E-state index contributed by atoms with van der Waals surface area (Å²) in [6.07, 6.45) is 3.27. The summed E-state index contributed by atoms with van der Waals surface area (Å²) >= 11 is 0. The van der Waals surface area contributed by atoms with Crippen LogP contribution >= 0.6 is 0 Å². The number of rotatable bonds is 7. The van der Waals surface area contributed by atoms with Gasteiger partial charge in [0.25, 0.3) is 0 Å². The topological polar surface area (TPSA) is 99.7 Å². The molecule has 5 N–H and O–H groups in total. The molecule has 0 radical (unpaired) electrons. The third-order valence-corrected chi connectivity index (χ3v) is 5.12. The molecule has 4 rings (SSSR count). The summed E-state index contributed by atoms with van der Waals surface area (Å²) in [5.74, 6) is 4.69. The number of hydrogen-bond donors (Lipinski definition) is 4. The minimum Gasteiger partial charge on any atom is -0.364 e. The number of nitrogens with two attached hydrogens (primary N) is 1. The van der Waals surface area contributed by atoms with Crippen molar-refractivity contribution < 1.29 is 4.39 Å². The Kier molecular flexibility index (Phi) is 6.19. The van der Waals surface area contributed by atoms with Crippen LogP contribution < -0.4 is 16.6 Å². The smallest absolute Gasteiger partial charge is 0.189 e. The molecule has 0 atom stereocenters. The molecule has 4 aromatic rings. The number of hydrazine groups is 1. The number of hydrogen-bond acceptors (Lipinski definition) is 6. The van der Waals surface area contributed by atoms with E-state index in [1.807, 2.05) is 67.6 Å². The Morgan fingerprint density at radius 1 is 1.00 bits per heavy atom. The van der Waals surface area contributed by atoms with E-state index >= 15 is 0 Å². The van der Waals surface area contributed by atoms with Gasteiger partial charge in [-0.1, -0.05) is 42.5 Å². The second kappa shape index (κ2) is 9.36. The van der Waals surface area contributed by atoms with Crippen molar-refractivity contribution in [1.29, 1.82) is 5.41 Å². The normalized spacial score (nSPS) is 11.7. The first-order chi connectivity index (χ1) is 15.5. The zero-order chi connectivity index (χ0) is 22.5. The number of nitrogens with zero attached hydrogens (tertiary/aromatic N) is 2. The van der Waals surface area contributed by atoms with E-state index in [1.165, 1.54) is 6.20 Å². The Morgan fingerprint density at radius 3 is 2.53 bits per heavy atom. The van der Waals surface area contributed by atoms with Crippen LogP contribution in [0.25, 0.3) is 22.0 Å². The molecule has 160 valence electrons. The van der Waals surface area contributed by atoms with Gasteiger partial charge in [-0.05, 0) is 47.9 Å². The Balaban J connectivity index is 1.48. The molecule has 0 bridgehead atoms. The zero-order valence-electron chi connectivity index (χ0n) is 17.6. The van der Waals surface area contributed by atoms with E-state index < -0.39 is 5.83 Å². The predicted molar refractivity (Wildman–Crippen MR) is 125 cm³/mol. The van der Waals surface area contributed by atoms with Gasteiger partial charge >= 0.3 is 0 Å². The predicted octanol–water partition coefficient (Wildman–Crippen LogP) is 4.36. The fourth-order valence-corrected chi connectivity index (χ4v) is 3.38. The van der Waals surface area contributed by atoms with Gasteiger partial charge in [-0.2, -0.15) is 0 Å². The van der Waals surface area contributed by atoms with Crippen molar-refractivity contribution in [1.82, 2.24) is 20.7 Å². The Bertz CT molecular complexity index is 1300. The van der Waals surface area contributed by atoms with E-state index in [2.05, 4.69) is 20.7 Å². The van der Waals surface area contributed by atoms with E-state index in [1.54, 1.807) is 12.3 Å². The number of pyridine rings is 2. The van der Waals surface area contributed by atoms with E-state index in [9.17, 15) is 4.39 Å². The summed E-state index contributed by atoms with van der Waals surface area (Å²) in [4.78, 5) is 8.51. The minimum atomic E-state index is -0.784. The SMILES string of the molecule is Cc1cc(-c2ccc(CN/C(NN)=C(\F)C(=N)c3cnc4ccccc4c3)cc2)ccn1. The number of halogens is 1. The number of aryl methyl sites for hydroxylation is 1. The van der Waals surface area contributed by atoms with E-state index in [0.717, 1.165) is 33.3 Å². The average Bonchev–Trinajstić information content (AvgIpc) is 2.84. The summed E-state index contributed by atoms with van der Waals surface area (Å²) in [6, 6.07) is 21.1. The fourth-order valence-electron chi connectivity index (χ4n) is 3.38. The third kappa shape index (κ3) is 4.63. The maximum Gasteiger partial charge on any atom is 0.189 e.